The molecule has 2 rings (SSSR count). The molecule has 20 heavy (non-hydrogen) atoms. The number of hydrogen-bond acceptors (Lipinski definition) is 2. The lowest BCUT2D eigenvalue weighted by Gasteiger charge is -2.13. The second kappa shape index (κ2) is 6.81. The van der Waals surface area contributed by atoms with Gasteiger partial charge in [-0.15, -0.1) is 0 Å². The number of methoxy groups -OCH3 is 1. The third-order valence-electron chi connectivity index (χ3n) is 2.91. The third-order valence-corrected chi connectivity index (χ3v) is 3.97. The van der Waals surface area contributed by atoms with Crippen LogP contribution in [0.15, 0.2) is 40.9 Å². The van der Waals surface area contributed by atoms with Crippen molar-refractivity contribution in [1.82, 2.24) is 0 Å². The van der Waals surface area contributed by atoms with Crippen LogP contribution in [0, 0.1) is 0 Å². The van der Waals surface area contributed by atoms with E-state index in [0.717, 1.165) is 15.8 Å². The van der Waals surface area contributed by atoms with Crippen LogP contribution < -0.4 is 4.74 Å². The summed E-state index contributed by atoms with van der Waals surface area (Å²) in [4.78, 5) is 0. The molecule has 0 aromatic heterocycles. The van der Waals surface area contributed by atoms with E-state index in [1.165, 1.54) is 0 Å². The third kappa shape index (κ3) is 3.89. The van der Waals surface area contributed by atoms with Gasteiger partial charge in [0.25, 0.3) is 0 Å². The molecule has 0 fully saturated rings. The van der Waals surface area contributed by atoms with E-state index in [1.54, 1.807) is 25.3 Å². The van der Waals surface area contributed by atoms with Crippen LogP contribution in [0.3, 0.4) is 0 Å². The molecule has 0 spiro atoms. The molecular formula is C15H13BrCl2O2. The zero-order valence-corrected chi connectivity index (χ0v) is 13.8. The van der Waals surface area contributed by atoms with Crippen LogP contribution in [0.4, 0.5) is 0 Å². The molecule has 1 N–H and O–H groups in total. The molecule has 0 heterocycles. The number of ether oxygens (including phenoxy) is 1. The molecule has 0 aliphatic rings. The zero-order valence-electron chi connectivity index (χ0n) is 10.7. The lowest BCUT2D eigenvalue weighted by molar-refractivity contribution is 0.178. The first-order chi connectivity index (χ1) is 9.49. The summed E-state index contributed by atoms with van der Waals surface area (Å²) in [5, 5.41) is 11.3. The predicted octanol–water partition coefficient (Wildman–Crippen LogP) is 5.04. The number of rotatable bonds is 4. The van der Waals surface area contributed by atoms with Gasteiger partial charge in [0.05, 0.1) is 17.7 Å². The maximum Gasteiger partial charge on any atom is 0.133 e. The van der Waals surface area contributed by atoms with E-state index in [4.69, 9.17) is 27.9 Å². The molecule has 2 nitrogen and oxygen atoms in total. The van der Waals surface area contributed by atoms with Crippen molar-refractivity contribution < 1.29 is 9.84 Å². The van der Waals surface area contributed by atoms with Gasteiger partial charge < -0.3 is 9.84 Å². The van der Waals surface area contributed by atoms with Gasteiger partial charge in [0.2, 0.25) is 0 Å². The molecule has 2 aromatic rings. The monoisotopic (exact) mass is 374 g/mol. The fourth-order valence-electron chi connectivity index (χ4n) is 1.95. The molecule has 0 saturated carbocycles. The van der Waals surface area contributed by atoms with Gasteiger partial charge >= 0.3 is 0 Å². The highest BCUT2D eigenvalue weighted by atomic mass is 79.9. The molecule has 0 amide bonds. The topological polar surface area (TPSA) is 29.5 Å². The van der Waals surface area contributed by atoms with Crippen molar-refractivity contribution in [3.63, 3.8) is 0 Å². The van der Waals surface area contributed by atoms with Crippen molar-refractivity contribution in [1.29, 1.82) is 0 Å². The molecule has 1 unspecified atom stereocenters. The average molecular weight is 376 g/mol. The number of benzene rings is 2. The molecule has 2 aromatic carbocycles. The number of aliphatic hydroxyl groups is 1. The Morgan fingerprint density at radius 3 is 2.35 bits per heavy atom. The van der Waals surface area contributed by atoms with E-state index in [0.29, 0.717) is 22.0 Å². The molecule has 0 bridgehead atoms. The zero-order chi connectivity index (χ0) is 14.7. The van der Waals surface area contributed by atoms with Gasteiger partial charge in [0.15, 0.2) is 0 Å². The van der Waals surface area contributed by atoms with Crippen LogP contribution in [0.25, 0.3) is 0 Å². The number of aliphatic hydroxyl groups excluding tert-OH is 1. The molecule has 106 valence electrons. The van der Waals surface area contributed by atoms with Crippen molar-refractivity contribution in [3.8, 4) is 5.75 Å². The van der Waals surface area contributed by atoms with E-state index in [-0.39, 0.29) is 0 Å². The predicted molar refractivity (Wildman–Crippen MR) is 85.8 cm³/mol. The lowest BCUT2D eigenvalue weighted by Crippen LogP contribution is -2.02. The Labute approximate surface area is 136 Å². The van der Waals surface area contributed by atoms with Gasteiger partial charge in [-0.25, -0.2) is 0 Å². The smallest absolute Gasteiger partial charge is 0.133 e. The Balaban J connectivity index is 2.18. The van der Waals surface area contributed by atoms with Crippen molar-refractivity contribution in [3.05, 3.63) is 62.0 Å². The molecule has 0 radical (unpaired) electrons. The highest BCUT2D eigenvalue weighted by molar-refractivity contribution is 9.10. The largest absolute Gasteiger partial charge is 0.496 e. The van der Waals surface area contributed by atoms with E-state index >= 15 is 0 Å². The lowest BCUT2D eigenvalue weighted by atomic mass is 10.0. The minimum Gasteiger partial charge on any atom is -0.496 e. The quantitative estimate of drug-likeness (QED) is 0.810. The summed E-state index contributed by atoms with van der Waals surface area (Å²) >= 11 is 15.3. The Morgan fingerprint density at radius 1 is 1.15 bits per heavy atom. The fraction of sp³-hybridized carbons (Fsp3) is 0.200. The highest BCUT2D eigenvalue weighted by Crippen LogP contribution is 2.29. The molecular weight excluding hydrogens is 363 g/mol. The minimum absolute atomic E-state index is 0.471. The van der Waals surface area contributed by atoms with Gasteiger partial charge in [0, 0.05) is 16.5 Å². The second-order valence-corrected chi connectivity index (χ2v) is 6.12. The molecule has 0 aliphatic heterocycles. The van der Waals surface area contributed by atoms with E-state index < -0.39 is 6.10 Å². The van der Waals surface area contributed by atoms with Crippen LogP contribution in [0.5, 0.6) is 5.75 Å². The van der Waals surface area contributed by atoms with Gasteiger partial charge in [-0.3, -0.25) is 0 Å². The Kier molecular flexibility index (Phi) is 5.33. The summed E-state index contributed by atoms with van der Waals surface area (Å²) in [6.07, 6.45) is -0.189. The number of halogens is 3. The van der Waals surface area contributed by atoms with Crippen LogP contribution in [-0.4, -0.2) is 12.2 Å². The van der Waals surface area contributed by atoms with E-state index in [1.807, 2.05) is 18.2 Å². The van der Waals surface area contributed by atoms with Gasteiger partial charge in [-0.05, 0) is 57.4 Å². The second-order valence-electron chi connectivity index (χ2n) is 4.39. The van der Waals surface area contributed by atoms with Crippen molar-refractivity contribution in [2.24, 2.45) is 0 Å². The molecule has 0 aliphatic carbocycles. The van der Waals surface area contributed by atoms with Crippen molar-refractivity contribution in [2.75, 3.05) is 7.11 Å². The van der Waals surface area contributed by atoms with Crippen molar-refractivity contribution >= 4 is 39.1 Å². The van der Waals surface area contributed by atoms with E-state index in [2.05, 4.69) is 15.9 Å². The van der Waals surface area contributed by atoms with Gasteiger partial charge in [-0.1, -0.05) is 29.3 Å². The van der Waals surface area contributed by atoms with Crippen LogP contribution >= 0.6 is 39.1 Å². The fourth-order valence-corrected chi connectivity index (χ4v) is 3.08. The molecule has 5 heteroatoms. The first-order valence-corrected chi connectivity index (χ1v) is 7.51. The first kappa shape index (κ1) is 15.6. The summed E-state index contributed by atoms with van der Waals surface area (Å²) in [5.74, 6) is 0.758. The highest BCUT2D eigenvalue weighted by Gasteiger charge is 2.11. The average Bonchev–Trinajstić information content (AvgIpc) is 2.37. The summed E-state index contributed by atoms with van der Waals surface area (Å²) in [7, 11) is 1.61. The summed E-state index contributed by atoms with van der Waals surface area (Å²) < 4.78 is 6.03. The first-order valence-electron chi connectivity index (χ1n) is 5.96. The maximum absolute atomic E-state index is 10.3. The Bertz CT molecular complexity index is 597. The van der Waals surface area contributed by atoms with Crippen LogP contribution in [0.1, 0.15) is 17.2 Å². The summed E-state index contributed by atoms with van der Waals surface area (Å²) in [6, 6.07) is 10.8. The summed E-state index contributed by atoms with van der Waals surface area (Å²) in [5.41, 5.74) is 1.69. The van der Waals surface area contributed by atoms with E-state index in [9.17, 15) is 5.11 Å². The minimum atomic E-state index is -0.661. The normalized spacial score (nSPS) is 12.2. The van der Waals surface area contributed by atoms with Crippen molar-refractivity contribution in [2.45, 2.75) is 12.5 Å². The summed E-state index contributed by atoms with van der Waals surface area (Å²) in [6.45, 7) is 0. The molecule has 0 saturated heterocycles. The Morgan fingerprint density at radius 2 is 1.80 bits per heavy atom. The standard InChI is InChI=1S/C15H13BrCl2O2/c1-20-15-3-2-9(4-13(15)16)5-14(19)10-6-11(17)8-12(18)7-10/h2-4,6-8,14,19H,5H2,1H3. The molecule has 1 atom stereocenters. The van der Waals surface area contributed by atoms with Crippen LogP contribution in [-0.2, 0) is 6.42 Å². The van der Waals surface area contributed by atoms with Gasteiger partial charge in [-0.2, -0.15) is 0 Å². The SMILES string of the molecule is COc1ccc(CC(O)c2cc(Cl)cc(Cl)c2)cc1Br. The maximum atomic E-state index is 10.3. The van der Waals surface area contributed by atoms with Gasteiger partial charge in [0.1, 0.15) is 5.75 Å². The number of hydrogen-bond donors (Lipinski definition) is 1. The Hall–Kier alpha value is -0.740. The van der Waals surface area contributed by atoms with Crippen LogP contribution in [0.2, 0.25) is 10.0 Å².